The minimum Gasteiger partial charge on any atom is -0.399 e. The molecule has 108 valence electrons. The molecule has 0 unspecified atom stereocenters. The van der Waals surface area contributed by atoms with Crippen LogP contribution in [0.1, 0.15) is 43.6 Å². The van der Waals surface area contributed by atoms with Gasteiger partial charge in [0.25, 0.3) is 0 Å². The van der Waals surface area contributed by atoms with E-state index < -0.39 is 18.3 Å². The van der Waals surface area contributed by atoms with Crippen LogP contribution in [0.25, 0.3) is 0 Å². The van der Waals surface area contributed by atoms with Crippen molar-refractivity contribution in [3.05, 3.63) is 29.3 Å². The van der Waals surface area contributed by atoms with Gasteiger partial charge in [0.05, 0.1) is 11.2 Å². The topological polar surface area (TPSA) is 61.5 Å². The molecule has 5 heteroatoms. The first-order chi connectivity index (χ1) is 9.30. The smallest absolute Gasteiger partial charge is 0.399 e. The van der Waals surface area contributed by atoms with Crippen molar-refractivity contribution >= 4 is 18.9 Å². The van der Waals surface area contributed by atoms with Gasteiger partial charge in [-0.1, -0.05) is 12.1 Å². The van der Waals surface area contributed by atoms with Gasteiger partial charge in [-0.15, -0.1) is 0 Å². The third-order valence-electron chi connectivity index (χ3n) is 4.22. The first-order valence-electron chi connectivity index (χ1n) is 6.94. The molecule has 1 aliphatic heterocycles. The Morgan fingerprint density at radius 1 is 1.20 bits per heavy atom. The molecule has 2 N–H and O–H groups in total. The lowest BCUT2D eigenvalue weighted by Crippen LogP contribution is -2.41. The average molecular weight is 275 g/mol. The summed E-state index contributed by atoms with van der Waals surface area (Å²) in [7, 11) is -0.507. The highest BCUT2D eigenvalue weighted by molar-refractivity contribution is 6.63. The molecule has 1 aromatic carbocycles. The maximum Gasteiger partial charge on any atom is 0.495 e. The molecule has 0 bridgehead atoms. The number of carbonyl (C=O) groups excluding carboxylic acids is 1. The van der Waals surface area contributed by atoms with Crippen LogP contribution in [-0.2, 0) is 15.7 Å². The third kappa shape index (κ3) is 2.66. The van der Waals surface area contributed by atoms with Gasteiger partial charge in [-0.2, -0.15) is 0 Å². The van der Waals surface area contributed by atoms with Gasteiger partial charge in [-0.05, 0) is 57.8 Å². The highest BCUT2D eigenvalue weighted by Crippen LogP contribution is 2.36. The van der Waals surface area contributed by atoms with E-state index in [0.29, 0.717) is 12.1 Å². The van der Waals surface area contributed by atoms with Gasteiger partial charge in [-0.3, -0.25) is 4.79 Å². The van der Waals surface area contributed by atoms with Crippen molar-refractivity contribution in [2.24, 2.45) is 5.73 Å². The molecule has 0 spiro atoms. The minimum atomic E-state index is -0.507. The molecule has 0 atom stereocenters. The molecule has 0 aliphatic carbocycles. The van der Waals surface area contributed by atoms with Gasteiger partial charge in [0.2, 0.25) is 0 Å². The zero-order valence-corrected chi connectivity index (χ0v) is 12.6. The fourth-order valence-electron chi connectivity index (χ4n) is 2.23. The summed E-state index contributed by atoms with van der Waals surface area (Å²) in [5.41, 5.74) is 7.16. The predicted octanol–water partition coefficient (Wildman–Crippen LogP) is 1.30. The molecular weight excluding hydrogens is 253 g/mol. The summed E-state index contributed by atoms with van der Waals surface area (Å²) >= 11 is 0. The highest BCUT2D eigenvalue weighted by Gasteiger charge is 2.52. The molecule has 2 rings (SSSR count). The van der Waals surface area contributed by atoms with E-state index in [4.69, 9.17) is 15.0 Å². The Bertz CT molecular complexity index is 498. The van der Waals surface area contributed by atoms with E-state index in [1.54, 1.807) is 0 Å². The molecule has 0 saturated carbocycles. The fourth-order valence-corrected chi connectivity index (χ4v) is 2.23. The maximum absolute atomic E-state index is 11.3. The fraction of sp³-hybridized carbons (Fsp3) is 0.533. The summed E-state index contributed by atoms with van der Waals surface area (Å²) in [6.45, 7) is 8.55. The van der Waals surface area contributed by atoms with E-state index >= 15 is 0 Å². The molecule has 0 aromatic heterocycles. The Labute approximate surface area is 120 Å². The second kappa shape index (κ2) is 5.32. The molecule has 0 radical (unpaired) electrons. The number of carbonyl (C=O) groups is 1. The normalized spacial score (nSPS) is 20.1. The Balaban J connectivity index is 2.32. The van der Waals surface area contributed by atoms with Crippen molar-refractivity contribution in [2.75, 3.05) is 6.54 Å². The number of rotatable bonds is 4. The quantitative estimate of drug-likeness (QED) is 0.664. The number of hydrogen-bond acceptors (Lipinski definition) is 4. The summed E-state index contributed by atoms with van der Waals surface area (Å²) in [6, 6.07) is 5.73. The molecule has 1 aromatic rings. The summed E-state index contributed by atoms with van der Waals surface area (Å²) < 4.78 is 12.0. The van der Waals surface area contributed by atoms with Crippen molar-refractivity contribution in [3.63, 3.8) is 0 Å². The van der Waals surface area contributed by atoms with Crippen molar-refractivity contribution in [3.8, 4) is 0 Å². The van der Waals surface area contributed by atoms with Crippen LogP contribution in [0.2, 0.25) is 0 Å². The van der Waals surface area contributed by atoms with Crippen molar-refractivity contribution in [1.82, 2.24) is 0 Å². The molecule has 1 fully saturated rings. The van der Waals surface area contributed by atoms with E-state index in [9.17, 15) is 4.79 Å². The summed E-state index contributed by atoms with van der Waals surface area (Å²) in [6.07, 6.45) is 1.60. The van der Waals surface area contributed by atoms with Crippen LogP contribution in [0.4, 0.5) is 0 Å². The van der Waals surface area contributed by atoms with Crippen LogP contribution >= 0.6 is 0 Å². The summed E-state index contributed by atoms with van der Waals surface area (Å²) in [5, 5.41) is 0. The SMILES string of the molecule is CC1(C)OB(c2ccc(CCN)cc2C=O)OC1(C)C. The monoisotopic (exact) mass is 275 g/mol. The van der Waals surface area contributed by atoms with E-state index in [2.05, 4.69) is 0 Å². The van der Waals surface area contributed by atoms with Gasteiger partial charge in [-0.25, -0.2) is 0 Å². The standard InChI is InChI=1S/C15H22BNO3/c1-14(2)15(3,4)20-16(19-14)13-6-5-11(7-8-17)9-12(13)10-18/h5-6,9-10H,7-8,17H2,1-4H3. The zero-order valence-electron chi connectivity index (χ0n) is 12.6. The van der Waals surface area contributed by atoms with Crippen LogP contribution in [0.5, 0.6) is 0 Å². The molecular formula is C15H22BNO3. The molecule has 4 nitrogen and oxygen atoms in total. The molecule has 1 saturated heterocycles. The van der Waals surface area contributed by atoms with Crippen LogP contribution < -0.4 is 11.2 Å². The van der Waals surface area contributed by atoms with E-state index in [1.165, 1.54) is 0 Å². The van der Waals surface area contributed by atoms with Crippen molar-refractivity contribution in [1.29, 1.82) is 0 Å². The molecule has 20 heavy (non-hydrogen) atoms. The Kier molecular flexibility index (Phi) is 4.05. The Hall–Kier alpha value is -1.17. The van der Waals surface area contributed by atoms with Crippen LogP contribution in [0.3, 0.4) is 0 Å². The van der Waals surface area contributed by atoms with E-state index in [-0.39, 0.29) is 0 Å². The third-order valence-corrected chi connectivity index (χ3v) is 4.22. The van der Waals surface area contributed by atoms with Crippen molar-refractivity contribution < 1.29 is 14.1 Å². The van der Waals surface area contributed by atoms with Gasteiger partial charge in [0, 0.05) is 5.56 Å². The number of nitrogens with two attached hydrogens (primary N) is 1. The summed E-state index contributed by atoms with van der Waals surface area (Å²) in [5.74, 6) is 0. The Morgan fingerprint density at radius 2 is 1.80 bits per heavy atom. The predicted molar refractivity (Wildman–Crippen MR) is 80.3 cm³/mol. The molecule has 1 heterocycles. The lowest BCUT2D eigenvalue weighted by atomic mass is 9.75. The zero-order chi connectivity index (χ0) is 15.0. The van der Waals surface area contributed by atoms with Gasteiger partial charge in [0.1, 0.15) is 6.29 Å². The largest absolute Gasteiger partial charge is 0.495 e. The minimum absolute atomic E-state index is 0.409. The highest BCUT2D eigenvalue weighted by atomic mass is 16.7. The number of aldehydes is 1. The second-order valence-corrected chi connectivity index (χ2v) is 6.21. The van der Waals surface area contributed by atoms with Gasteiger partial charge < -0.3 is 15.0 Å². The van der Waals surface area contributed by atoms with Crippen molar-refractivity contribution in [2.45, 2.75) is 45.3 Å². The molecule has 0 amide bonds. The Morgan fingerprint density at radius 3 is 2.30 bits per heavy atom. The number of benzene rings is 1. The lowest BCUT2D eigenvalue weighted by molar-refractivity contribution is 0.00578. The average Bonchev–Trinajstić information content (AvgIpc) is 2.58. The molecule has 1 aliphatic rings. The van der Waals surface area contributed by atoms with E-state index in [0.717, 1.165) is 23.7 Å². The van der Waals surface area contributed by atoms with E-state index in [1.807, 2.05) is 45.9 Å². The first-order valence-corrected chi connectivity index (χ1v) is 6.94. The summed E-state index contributed by atoms with van der Waals surface area (Å²) in [4.78, 5) is 11.3. The maximum atomic E-state index is 11.3. The van der Waals surface area contributed by atoms with Gasteiger partial charge in [0.15, 0.2) is 0 Å². The van der Waals surface area contributed by atoms with Crippen LogP contribution in [0, 0.1) is 0 Å². The number of hydrogen-bond donors (Lipinski definition) is 1. The van der Waals surface area contributed by atoms with Gasteiger partial charge >= 0.3 is 7.12 Å². The van der Waals surface area contributed by atoms with Crippen LogP contribution in [-0.4, -0.2) is 31.2 Å². The second-order valence-electron chi connectivity index (χ2n) is 6.21. The lowest BCUT2D eigenvalue weighted by Gasteiger charge is -2.32. The van der Waals surface area contributed by atoms with Crippen LogP contribution in [0.15, 0.2) is 18.2 Å². The first kappa shape index (κ1) is 15.2.